The van der Waals surface area contributed by atoms with Gasteiger partial charge in [0.05, 0.1) is 17.9 Å². The van der Waals surface area contributed by atoms with Gasteiger partial charge in [0.15, 0.2) is 16.4 Å². The van der Waals surface area contributed by atoms with Crippen LogP contribution in [0, 0.1) is 19.7 Å². The maximum absolute atomic E-state index is 12.9. The molecule has 0 spiro atoms. The SMILES string of the molecule is Cc1cc(C(=O)COC(=O)Cc2ccc(F)cc2)c(C)n1[C@@H]1CCS(=O)(=O)C1. The highest BCUT2D eigenvalue weighted by Gasteiger charge is 2.31. The molecule has 150 valence electrons. The molecule has 2 heterocycles. The normalized spacial score (nSPS) is 18.2. The fourth-order valence-corrected chi connectivity index (χ4v) is 5.34. The van der Waals surface area contributed by atoms with E-state index in [4.69, 9.17) is 4.74 Å². The summed E-state index contributed by atoms with van der Waals surface area (Å²) in [7, 11) is -3.04. The molecular formula is C20H22FNO5S. The third kappa shape index (κ3) is 4.49. The first-order chi connectivity index (χ1) is 13.2. The third-order valence-corrected chi connectivity index (χ3v) is 6.73. The Hall–Kier alpha value is -2.48. The van der Waals surface area contributed by atoms with Crippen molar-refractivity contribution in [2.45, 2.75) is 32.7 Å². The molecule has 1 fully saturated rings. The van der Waals surface area contributed by atoms with Crippen molar-refractivity contribution < 1.29 is 27.1 Å². The molecule has 1 aromatic carbocycles. The summed E-state index contributed by atoms with van der Waals surface area (Å²) in [6.07, 6.45) is 0.478. The van der Waals surface area contributed by atoms with Gasteiger partial charge in [0.2, 0.25) is 5.78 Å². The average molecular weight is 407 g/mol. The van der Waals surface area contributed by atoms with Crippen LogP contribution in [-0.4, -0.2) is 42.9 Å². The number of ketones is 1. The molecule has 3 rings (SSSR count). The second kappa shape index (κ2) is 7.87. The van der Waals surface area contributed by atoms with Crippen LogP contribution in [0.2, 0.25) is 0 Å². The van der Waals surface area contributed by atoms with Crippen molar-refractivity contribution in [3.63, 3.8) is 0 Å². The van der Waals surface area contributed by atoms with Crippen molar-refractivity contribution in [3.8, 4) is 0 Å². The number of sulfone groups is 1. The van der Waals surface area contributed by atoms with Crippen molar-refractivity contribution >= 4 is 21.6 Å². The first-order valence-electron chi connectivity index (χ1n) is 8.98. The Kier molecular flexibility index (Phi) is 5.69. The summed E-state index contributed by atoms with van der Waals surface area (Å²) in [4.78, 5) is 24.4. The number of nitrogens with zero attached hydrogens (tertiary/aromatic N) is 1. The lowest BCUT2D eigenvalue weighted by Crippen LogP contribution is -2.17. The summed E-state index contributed by atoms with van der Waals surface area (Å²) in [5.74, 6) is -1.08. The summed E-state index contributed by atoms with van der Waals surface area (Å²) in [6, 6.07) is 7.02. The van der Waals surface area contributed by atoms with Gasteiger partial charge in [-0.3, -0.25) is 9.59 Å². The third-order valence-electron chi connectivity index (χ3n) is 4.98. The van der Waals surface area contributed by atoms with Crippen molar-refractivity contribution in [2.24, 2.45) is 0 Å². The van der Waals surface area contributed by atoms with E-state index in [9.17, 15) is 22.4 Å². The molecule has 0 radical (unpaired) electrons. The highest BCUT2D eigenvalue weighted by molar-refractivity contribution is 7.91. The largest absolute Gasteiger partial charge is 0.457 e. The number of ether oxygens (including phenoxy) is 1. The predicted octanol–water partition coefficient (Wildman–Crippen LogP) is 2.57. The van der Waals surface area contributed by atoms with E-state index in [-0.39, 0.29) is 29.8 Å². The molecule has 2 aromatic rings. The molecule has 6 nitrogen and oxygen atoms in total. The molecule has 0 saturated carbocycles. The van der Waals surface area contributed by atoms with Crippen LogP contribution in [0.3, 0.4) is 0 Å². The number of carbonyl (C=O) groups is 2. The van der Waals surface area contributed by atoms with Crippen LogP contribution >= 0.6 is 0 Å². The number of aryl methyl sites for hydroxylation is 1. The maximum atomic E-state index is 12.9. The van der Waals surface area contributed by atoms with Gasteiger partial charge in [-0.1, -0.05) is 12.1 Å². The summed E-state index contributed by atoms with van der Waals surface area (Å²) in [5, 5.41) is 0. The van der Waals surface area contributed by atoms with Gasteiger partial charge >= 0.3 is 5.97 Å². The van der Waals surface area contributed by atoms with Crippen LogP contribution in [0.4, 0.5) is 4.39 Å². The topological polar surface area (TPSA) is 82.4 Å². The molecule has 8 heteroatoms. The quantitative estimate of drug-likeness (QED) is 0.543. The summed E-state index contributed by atoms with van der Waals surface area (Å²) >= 11 is 0. The number of hydrogen-bond acceptors (Lipinski definition) is 5. The Morgan fingerprint density at radius 1 is 1.21 bits per heavy atom. The van der Waals surface area contributed by atoms with E-state index in [0.717, 1.165) is 5.69 Å². The molecule has 28 heavy (non-hydrogen) atoms. The summed E-state index contributed by atoms with van der Waals surface area (Å²) in [6.45, 7) is 3.20. The van der Waals surface area contributed by atoms with Crippen LogP contribution < -0.4 is 0 Å². The average Bonchev–Trinajstić information content (AvgIpc) is 3.13. The summed E-state index contributed by atoms with van der Waals surface area (Å²) < 4.78 is 43.4. The standard InChI is InChI=1S/C20H22FNO5S/c1-13-9-18(14(2)22(13)17-7-8-28(25,26)12-17)19(23)11-27-20(24)10-15-3-5-16(21)6-4-15/h3-6,9,17H,7-8,10-12H2,1-2H3/t17-/m1/s1. The van der Waals surface area contributed by atoms with Crippen LogP contribution in [0.5, 0.6) is 0 Å². The molecule has 1 aromatic heterocycles. The number of carbonyl (C=O) groups excluding carboxylic acids is 2. The van der Waals surface area contributed by atoms with E-state index in [0.29, 0.717) is 23.2 Å². The number of hydrogen-bond donors (Lipinski definition) is 0. The zero-order chi connectivity index (χ0) is 20.5. The lowest BCUT2D eigenvalue weighted by Gasteiger charge is -2.16. The maximum Gasteiger partial charge on any atom is 0.310 e. The highest BCUT2D eigenvalue weighted by Crippen LogP contribution is 2.29. The fourth-order valence-electron chi connectivity index (χ4n) is 3.64. The monoisotopic (exact) mass is 407 g/mol. The fraction of sp³-hybridized carbons (Fsp3) is 0.400. The Bertz CT molecular complexity index is 1010. The highest BCUT2D eigenvalue weighted by atomic mass is 32.2. The van der Waals surface area contributed by atoms with Gasteiger partial charge < -0.3 is 9.30 Å². The number of Topliss-reactive ketones (excluding diaryl/α,β-unsaturated/α-hetero) is 1. The van der Waals surface area contributed by atoms with Gasteiger partial charge in [0.25, 0.3) is 0 Å². The Labute approximate surface area is 163 Å². The van der Waals surface area contributed by atoms with Gasteiger partial charge in [0, 0.05) is 23.0 Å². The molecule has 0 aliphatic carbocycles. The zero-order valence-electron chi connectivity index (χ0n) is 15.8. The Morgan fingerprint density at radius 3 is 2.50 bits per heavy atom. The van der Waals surface area contributed by atoms with E-state index in [1.165, 1.54) is 24.3 Å². The second-order valence-electron chi connectivity index (χ2n) is 7.10. The first kappa shape index (κ1) is 20.3. The van der Waals surface area contributed by atoms with Gasteiger partial charge in [-0.2, -0.15) is 0 Å². The van der Waals surface area contributed by atoms with E-state index in [1.54, 1.807) is 13.0 Å². The smallest absolute Gasteiger partial charge is 0.310 e. The van der Waals surface area contributed by atoms with E-state index >= 15 is 0 Å². The van der Waals surface area contributed by atoms with Gasteiger partial charge in [0.1, 0.15) is 5.82 Å². The number of aromatic nitrogens is 1. The summed E-state index contributed by atoms with van der Waals surface area (Å²) in [5.41, 5.74) is 2.51. The Balaban J connectivity index is 1.64. The van der Waals surface area contributed by atoms with Crippen molar-refractivity contribution in [1.82, 2.24) is 4.57 Å². The number of esters is 1. The minimum atomic E-state index is -3.04. The Morgan fingerprint density at radius 2 is 1.89 bits per heavy atom. The van der Waals surface area contributed by atoms with Crippen molar-refractivity contribution in [3.05, 3.63) is 58.7 Å². The lowest BCUT2D eigenvalue weighted by molar-refractivity contribution is -0.141. The molecule has 0 unspecified atom stereocenters. The molecular weight excluding hydrogens is 385 g/mol. The van der Waals surface area contributed by atoms with Gasteiger partial charge in [-0.25, -0.2) is 12.8 Å². The van der Waals surface area contributed by atoms with Gasteiger partial charge in [-0.15, -0.1) is 0 Å². The predicted molar refractivity (Wildman–Crippen MR) is 102 cm³/mol. The van der Waals surface area contributed by atoms with Crippen molar-refractivity contribution in [2.75, 3.05) is 18.1 Å². The number of benzene rings is 1. The molecule has 1 aliphatic rings. The number of rotatable bonds is 6. The van der Waals surface area contributed by atoms with Crippen molar-refractivity contribution in [1.29, 1.82) is 0 Å². The lowest BCUT2D eigenvalue weighted by atomic mass is 10.1. The van der Waals surface area contributed by atoms with Crippen LogP contribution in [-0.2, 0) is 25.8 Å². The minimum Gasteiger partial charge on any atom is -0.457 e. The van der Waals surface area contributed by atoms with Crippen LogP contribution in [0.15, 0.2) is 30.3 Å². The molecule has 0 bridgehead atoms. The first-order valence-corrected chi connectivity index (χ1v) is 10.8. The van der Waals surface area contributed by atoms with E-state index in [2.05, 4.69) is 0 Å². The van der Waals surface area contributed by atoms with Crippen LogP contribution in [0.1, 0.15) is 39.8 Å². The second-order valence-corrected chi connectivity index (χ2v) is 9.33. The number of halogens is 1. The van der Waals surface area contributed by atoms with Crippen LogP contribution in [0.25, 0.3) is 0 Å². The van der Waals surface area contributed by atoms with Gasteiger partial charge in [-0.05, 0) is 44.0 Å². The van der Waals surface area contributed by atoms with E-state index < -0.39 is 28.2 Å². The molecule has 0 N–H and O–H groups in total. The zero-order valence-corrected chi connectivity index (χ0v) is 16.6. The molecule has 1 atom stereocenters. The van der Waals surface area contributed by atoms with E-state index in [1.807, 2.05) is 11.5 Å². The molecule has 1 saturated heterocycles. The minimum absolute atomic E-state index is 0.0491. The molecule has 1 aliphatic heterocycles. The molecule has 0 amide bonds.